The van der Waals surface area contributed by atoms with E-state index in [1.54, 1.807) is 6.26 Å². The highest BCUT2D eigenvalue weighted by Gasteiger charge is 2.14. The van der Waals surface area contributed by atoms with Crippen molar-refractivity contribution in [3.63, 3.8) is 0 Å². The number of nitrogens with one attached hydrogen (secondary N) is 1. The standard InChI is InChI=1S/C14H26N2O/c1-4-7-13(11-15-9-5-2)16(3)12-14-8-6-10-17-14/h6,8,10,13,15H,4-5,7,9,11-12H2,1-3H3. The van der Waals surface area contributed by atoms with Gasteiger partial charge in [0.25, 0.3) is 0 Å². The Hall–Kier alpha value is -0.800. The van der Waals surface area contributed by atoms with Crippen LogP contribution in [0.5, 0.6) is 0 Å². The number of hydrogen-bond donors (Lipinski definition) is 1. The van der Waals surface area contributed by atoms with Gasteiger partial charge in [0.2, 0.25) is 0 Å². The minimum absolute atomic E-state index is 0.594. The first-order valence-corrected chi connectivity index (χ1v) is 6.71. The first-order chi connectivity index (χ1) is 8.27. The van der Waals surface area contributed by atoms with Gasteiger partial charge in [-0.1, -0.05) is 20.3 Å². The van der Waals surface area contributed by atoms with Gasteiger partial charge in [0.15, 0.2) is 0 Å². The lowest BCUT2D eigenvalue weighted by molar-refractivity contribution is 0.200. The van der Waals surface area contributed by atoms with E-state index >= 15 is 0 Å². The Morgan fingerprint density at radius 1 is 1.35 bits per heavy atom. The lowest BCUT2D eigenvalue weighted by Gasteiger charge is -2.27. The smallest absolute Gasteiger partial charge is 0.117 e. The molecule has 0 amide bonds. The van der Waals surface area contributed by atoms with Gasteiger partial charge < -0.3 is 9.73 Å². The Morgan fingerprint density at radius 2 is 2.18 bits per heavy atom. The van der Waals surface area contributed by atoms with Gasteiger partial charge in [-0.3, -0.25) is 4.90 Å². The van der Waals surface area contributed by atoms with E-state index in [-0.39, 0.29) is 0 Å². The SMILES string of the molecule is CCCNCC(CCC)N(C)Cc1ccco1. The average molecular weight is 238 g/mol. The summed E-state index contributed by atoms with van der Waals surface area (Å²) in [5.41, 5.74) is 0. The van der Waals surface area contributed by atoms with Crippen LogP contribution in [0.15, 0.2) is 22.8 Å². The maximum atomic E-state index is 5.40. The first kappa shape index (κ1) is 14.3. The largest absolute Gasteiger partial charge is 0.468 e. The molecule has 1 N–H and O–H groups in total. The van der Waals surface area contributed by atoms with Crippen molar-refractivity contribution < 1.29 is 4.42 Å². The zero-order chi connectivity index (χ0) is 12.5. The van der Waals surface area contributed by atoms with Gasteiger partial charge in [0.1, 0.15) is 5.76 Å². The number of likely N-dealkylation sites (N-methyl/N-ethyl adjacent to an activating group) is 1. The van der Waals surface area contributed by atoms with Gasteiger partial charge in [-0.15, -0.1) is 0 Å². The zero-order valence-corrected chi connectivity index (χ0v) is 11.4. The second-order valence-electron chi connectivity index (χ2n) is 4.64. The lowest BCUT2D eigenvalue weighted by atomic mass is 10.1. The highest BCUT2D eigenvalue weighted by atomic mass is 16.3. The van der Waals surface area contributed by atoms with Gasteiger partial charge in [-0.05, 0) is 38.6 Å². The van der Waals surface area contributed by atoms with E-state index in [0.717, 1.165) is 25.4 Å². The normalized spacial score (nSPS) is 13.2. The Kier molecular flexibility index (Phi) is 6.97. The molecular formula is C14H26N2O. The van der Waals surface area contributed by atoms with Crippen LogP contribution in [0, 0.1) is 0 Å². The van der Waals surface area contributed by atoms with Crippen molar-refractivity contribution in [3.05, 3.63) is 24.2 Å². The molecule has 1 rings (SSSR count). The Morgan fingerprint density at radius 3 is 2.76 bits per heavy atom. The molecule has 0 aromatic carbocycles. The molecule has 0 spiro atoms. The number of nitrogens with zero attached hydrogens (tertiary/aromatic N) is 1. The van der Waals surface area contributed by atoms with Gasteiger partial charge in [-0.25, -0.2) is 0 Å². The van der Waals surface area contributed by atoms with Crippen molar-refractivity contribution >= 4 is 0 Å². The number of furan rings is 1. The molecule has 17 heavy (non-hydrogen) atoms. The zero-order valence-electron chi connectivity index (χ0n) is 11.4. The van der Waals surface area contributed by atoms with Gasteiger partial charge in [-0.2, -0.15) is 0 Å². The molecule has 0 radical (unpaired) electrons. The quantitative estimate of drug-likeness (QED) is 0.671. The summed E-state index contributed by atoms with van der Waals surface area (Å²) in [6.45, 7) is 7.51. The predicted molar refractivity (Wildman–Crippen MR) is 72.0 cm³/mol. The summed E-state index contributed by atoms with van der Waals surface area (Å²) < 4.78 is 5.40. The summed E-state index contributed by atoms with van der Waals surface area (Å²) in [5.74, 6) is 1.05. The highest BCUT2D eigenvalue weighted by molar-refractivity contribution is 4.98. The van der Waals surface area contributed by atoms with Crippen LogP contribution in [0.25, 0.3) is 0 Å². The molecule has 0 bridgehead atoms. The fraction of sp³-hybridized carbons (Fsp3) is 0.714. The van der Waals surface area contributed by atoms with Crippen molar-refractivity contribution in [2.24, 2.45) is 0 Å². The second kappa shape index (κ2) is 8.31. The van der Waals surface area contributed by atoms with Crippen molar-refractivity contribution in [3.8, 4) is 0 Å². The van der Waals surface area contributed by atoms with Crippen molar-refractivity contribution in [2.75, 3.05) is 20.1 Å². The minimum atomic E-state index is 0.594. The van der Waals surface area contributed by atoms with E-state index in [1.807, 2.05) is 12.1 Å². The summed E-state index contributed by atoms with van der Waals surface area (Å²) >= 11 is 0. The maximum absolute atomic E-state index is 5.40. The van der Waals surface area contributed by atoms with Crippen LogP contribution in [0.4, 0.5) is 0 Å². The minimum Gasteiger partial charge on any atom is -0.468 e. The van der Waals surface area contributed by atoms with Crippen molar-refractivity contribution in [2.45, 2.75) is 45.7 Å². The first-order valence-electron chi connectivity index (χ1n) is 6.71. The molecule has 3 heteroatoms. The Balaban J connectivity index is 2.39. The highest BCUT2D eigenvalue weighted by Crippen LogP contribution is 2.10. The van der Waals surface area contributed by atoms with Crippen molar-refractivity contribution in [1.29, 1.82) is 0 Å². The van der Waals surface area contributed by atoms with E-state index in [4.69, 9.17) is 4.42 Å². The number of hydrogen-bond acceptors (Lipinski definition) is 3. The van der Waals surface area contributed by atoms with E-state index < -0.39 is 0 Å². The summed E-state index contributed by atoms with van der Waals surface area (Å²) in [4.78, 5) is 2.38. The molecule has 1 heterocycles. The molecule has 1 unspecified atom stereocenters. The monoisotopic (exact) mass is 238 g/mol. The summed E-state index contributed by atoms with van der Waals surface area (Å²) in [5, 5.41) is 3.51. The molecule has 0 fully saturated rings. The molecule has 98 valence electrons. The van der Waals surface area contributed by atoms with Crippen LogP contribution >= 0.6 is 0 Å². The molecule has 3 nitrogen and oxygen atoms in total. The average Bonchev–Trinajstić information content (AvgIpc) is 2.81. The third kappa shape index (κ3) is 5.37. The molecule has 0 aliphatic carbocycles. The van der Waals surface area contributed by atoms with Crippen LogP contribution < -0.4 is 5.32 Å². The molecule has 0 saturated heterocycles. The summed E-state index contributed by atoms with van der Waals surface area (Å²) in [6, 6.07) is 4.59. The summed E-state index contributed by atoms with van der Waals surface area (Å²) in [7, 11) is 2.18. The van der Waals surface area contributed by atoms with E-state index in [1.165, 1.54) is 19.3 Å². The Bertz CT molecular complexity index is 272. The molecular weight excluding hydrogens is 212 g/mol. The molecule has 0 aliphatic heterocycles. The molecule has 1 aromatic heterocycles. The van der Waals surface area contributed by atoms with E-state index in [0.29, 0.717) is 6.04 Å². The predicted octanol–water partition coefficient (Wildman–Crippen LogP) is 2.88. The van der Waals surface area contributed by atoms with Gasteiger partial charge in [0, 0.05) is 12.6 Å². The van der Waals surface area contributed by atoms with Crippen LogP contribution in [0.2, 0.25) is 0 Å². The third-order valence-electron chi connectivity index (χ3n) is 3.04. The van der Waals surface area contributed by atoms with Crippen LogP contribution in [0.3, 0.4) is 0 Å². The van der Waals surface area contributed by atoms with Crippen molar-refractivity contribution in [1.82, 2.24) is 10.2 Å². The van der Waals surface area contributed by atoms with E-state index in [2.05, 4.69) is 31.1 Å². The lowest BCUT2D eigenvalue weighted by Crippen LogP contribution is -2.39. The fourth-order valence-corrected chi connectivity index (χ4v) is 2.03. The number of rotatable bonds is 9. The maximum Gasteiger partial charge on any atom is 0.117 e. The summed E-state index contributed by atoms with van der Waals surface area (Å²) in [6.07, 6.45) is 5.39. The molecule has 1 atom stereocenters. The second-order valence-corrected chi connectivity index (χ2v) is 4.64. The van der Waals surface area contributed by atoms with E-state index in [9.17, 15) is 0 Å². The topological polar surface area (TPSA) is 28.4 Å². The van der Waals surface area contributed by atoms with Gasteiger partial charge >= 0.3 is 0 Å². The van der Waals surface area contributed by atoms with Crippen LogP contribution in [-0.4, -0.2) is 31.1 Å². The Labute approximate surface area is 105 Å². The molecule has 1 aromatic rings. The molecule has 0 aliphatic rings. The van der Waals surface area contributed by atoms with Gasteiger partial charge in [0.05, 0.1) is 12.8 Å². The van der Waals surface area contributed by atoms with Crippen LogP contribution in [-0.2, 0) is 6.54 Å². The third-order valence-corrected chi connectivity index (χ3v) is 3.04. The molecule has 0 saturated carbocycles. The van der Waals surface area contributed by atoms with Crippen LogP contribution in [0.1, 0.15) is 38.9 Å². The fourth-order valence-electron chi connectivity index (χ4n) is 2.03.